The zero-order valence-electron chi connectivity index (χ0n) is 9.12. The summed E-state index contributed by atoms with van der Waals surface area (Å²) >= 11 is 0. The zero-order valence-corrected chi connectivity index (χ0v) is 9.12. The fraction of sp³-hybridized carbons (Fsp3) is 0.818. The molecule has 0 aromatic carbocycles. The van der Waals surface area contributed by atoms with Gasteiger partial charge in [0, 0.05) is 12.8 Å². The summed E-state index contributed by atoms with van der Waals surface area (Å²) in [6, 6.07) is 0. The van der Waals surface area contributed by atoms with Gasteiger partial charge in [-0.15, -0.1) is 0 Å². The van der Waals surface area contributed by atoms with Crippen molar-refractivity contribution in [3.05, 3.63) is 0 Å². The van der Waals surface area contributed by atoms with Crippen LogP contribution in [0, 0.1) is 11.8 Å². The molecule has 2 rings (SSSR count). The second-order valence-electron chi connectivity index (χ2n) is 4.89. The number of esters is 2. The average molecular weight is 212 g/mol. The highest BCUT2D eigenvalue weighted by molar-refractivity contribution is 5.93. The molecule has 1 saturated carbocycles. The molecule has 4 nitrogen and oxygen atoms in total. The number of ether oxygens (including phenoxy) is 2. The van der Waals surface area contributed by atoms with Crippen molar-refractivity contribution in [1.82, 2.24) is 0 Å². The van der Waals surface area contributed by atoms with Gasteiger partial charge in [-0.2, -0.15) is 0 Å². The van der Waals surface area contributed by atoms with Crippen LogP contribution in [0.4, 0.5) is 0 Å². The van der Waals surface area contributed by atoms with Crippen LogP contribution in [0.2, 0.25) is 0 Å². The number of hydrogen-bond donors (Lipinski definition) is 0. The monoisotopic (exact) mass is 212 g/mol. The Morgan fingerprint density at radius 3 is 2.00 bits per heavy atom. The summed E-state index contributed by atoms with van der Waals surface area (Å²) in [6.45, 7) is 4.18. The molecule has 2 fully saturated rings. The predicted molar refractivity (Wildman–Crippen MR) is 51.7 cm³/mol. The van der Waals surface area contributed by atoms with E-state index in [1.165, 1.54) is 0 Å². The molecule has 4 heteroatoms. The van der Waals surface area contributed by atoms with Gasteiger partial charge in [0.2, 0.25) is 0 Å². The molecule has 0 unspecified atom stereocenters. The lowest BCUT2D eigenvalue weighted by atomic mass is 9.79. The van der Waals surface area contributed by atoms with Crippen LogP contribution in [0.3, 0.4) is 0 Å². The van der Waals surface area contributed by atoms with Gasteiger partial charge in [-0.05, 0) is 18.3 Å². The van der Waals surface area contributed by atoms with Gasteiger partial charge >= 0.3 is 11.9 Å². The van der Waals surface area contributed by atoms with Gasteiger partial charge in [0.05, 0.1) is 0 Å². The molecule has 2 aliphatic rings. The largest absolute Gasteiger partial charge is 0.422 e. The number of carbonyl (C=O) groups excluding carboxylic acids is 2. The van der Waals surface area contributed by atoms with Crippen molar-refractivity contribution in [3.8, 4) is 0 Å². The molecule has 84 valence electrons. The lowest BCUT2D eigenvalue weighted by Gasteiger charge is -2.42. The van der Waals surface area contributed by atoms with E-state index < -0.39 is 17.7 Å². The minimum Gasteiger partial charge on any atom is -0.422 e. The summed E-state index contributed by atoms with van der Waals surface area (Å²) in [5.41, 5.74) is 0. The third-order valence-corrected chi connectivity index (χ3v) is 3.01. The average Bonchev–Trinajstić information content (AvgIpc) is 1.96. The van der Waals surface area contributed by atoms with Crippen molar-refractivity contribution in [1.29, 1.82) is 0 Å². The molecule has 0 aromatic heterocycles. The van der Waals surface area contributed by atoms with Gasteiger partial charge < -0.3 is 9.47 Å². The van der Waals surface area contributed by atoms with Gasteiger partial charge in [-0.25, -0.2) is 0 Å². The third kappa shape index (κ3) is 2.13. The Bertz CT molecular complexity index is 269. The van der Waals surface area contributed by atoms with Crippen molar-refractivity contribution < 1.29 is 19.1 Å². The Kier molecular flexibility index (Phi) is 2.44. The molecule has 0 N–H and O–H groups in total. The van der Waals surface area contributed by atoms with Crippen LogP contribution in [-0.4, -0.2) is 17.7 Å². The highest BCUT2D eigenvalue weighted by Crippen LogP contribution is 2.41. The number of hydrogen-bond acceptors (Lipinski definition) is 4. The Morgan fingerprint density at radius 1 is 1.07 bits per heavy atom. The molecule has 15 heavy (non-hydrogen) atoms. The second kappa shape index (κ2) is 3.51. The quantitative estimate of drug-likeness (QED) is 0.452. The van der Waals surface area contributed by atoms with Crippen molar-refractivity contribution in [2.45, 2.75) is 45.3 Å². The first-order chi connectivity index (χ1) is 6.99. The van der Waals surface area contributed by atoms with Crippen LogP contribution >= 0.6 is 0 Å². The van der Waals surface area contributed by atoms with Crippen molar-refractivity contribution >= 4 is 11.9 Å². The molecule has 0 amide bonds. The molecule has 1 heterocycles. The number of rotatable bonds is 0. The fourth-order valence-corrected chi connectivity index (χ4v) is 2.79. The molecule has 1 aliphatic heterocycles. The maximum atomic E-state index is 11.2. The van der Waals surface area contributed by atoms with E-state index in [1.54, 1.807) is 0 Å². The summed E-state index contributed by atoms with van der Waals surface area (Å²) in [5, 5.41) is 0. The highest BCUT2D eigenvalue weighted by atomic mass is 16.7. The van der Waals surface area contributed by atoms with Crippen LogP contribution in [0.1, 0.15) is 39.5 Å². The van der Waals surface area contributed by atoms with E-state index in [9.17, 15) is 9.59 Å². The van der Waals surface area contributed by atoms with E-state index in [4.69, 9.17) is 9.47 Å². The van der Waals surface area contributed by atoms with Crippen molar-refractivity contribution in [2.75, 3.05) is 0 Å². The first-order valence-corrected chi connectivity index (χ1v) is 5.43. The van der Waals surface area contributed by atoms with Crippen LogP contribution in [-0.2, 0) is 19.1 Å². The van der Waals surface area contributed by atoms with Crippen LogP contribution < -0.4 is 0 Å². The van der Waals surface area contributed by atoms with Gasteiger partial charge in [-0.1, -0.05) is 13.8 Å². The molecule has 1 aliphatic carbocycles. The molecular formula is C11H16O4. The highest BCUT2D eigenvalue weighted by Gasteiger charge is 2.47. The van der Waals surface area contributed by atoms with Crippen LogP contribution in [0.25, 0.3) is 0 Å². The van der Waals surface area contributed by atoms with Gasteiger partial charge in [0.25, 0.3) is 5.79 Å². The smallest absolute Gasteiger partial charge is 0.320 e. The molecule has 0 bridgehead atoms. The summed E-state index contributed by atoms with van der Waals surface area (Å²) in [6.07, 6.45) is 2.12. The molecular weight excluding hydrogens is 196 g/mol. The zero-order chi connectivity index (χ0) is 11.1. The van der Waals surface area contributed by atoms with E-state index in [-0.39, 0.29) is 6.42 Å². The van der Waals surface area contributed by atoms with E-state index in [0.717, 1.165) is 6.42 Å². The van der Waals surface area contributed by atoms with E-state index in [1.807, 2.05) is 0 Å². The van der Waals surface area contributed by atoms with Gasteiger partial charge in [0.1, 0.15) is 6.42 Å². The first-order valence-electron chi connectivity index (χ1n) is 5.43. The molecule has 1 spiro atoms. The molecule has 2 atom stereocenters. The van der Waals surface area contributed by atoms with Crippen molar-refractivity contribution in [2.24, 2.45) is 11.8 Å². The summed E-state index contributed by atoms with van der Waals surface area (Å²) in [4.78, 5) is 22.5. The second-order valence-corrected chi connectivity index (χ2v) is 4.89. The van der Waals surface area contributed by atoms with E-state index in [0.29, 0.717) is 24.7 Å². The normalized spacial score (nSPS) is 34.8. The Balaban J connectivity index is 2.16. The SMILES string of the molecule is C[C@H]1C[C@H](C)CC2(C1)OC(=O)CC(=O)O2. The minimum atomic E-state index is -0.955. The van der Waals surface area contributed by atoms with Crippen LogP contribution in [0.5, 0.6) is 0 Å². The fourth-order valence-electron chi connectivity index (χ4n) is 2.79. The lowest BCUT2D eigenvalue weighted by molar-refractivity contribution is -0.260. The minimum absolute atomic E-state index is 0.246. The van der Waals surface area contributed by atoms with Crippen molar-refractivity contribution in [3.63, 3.8) is 0 Å². The first kappa shape index (κ1) is 10.5. The molecule has 1 saturated heterocycles. The lowest BCUT2D eigenvalue weighted by Crippen LogP contribution is -2.49. The van der Waals surface area contributed by atoms with E-state index in [2.05, 4.69) is 13.8 Å². The topological polar surface area (TPSA) is 52.6 Å². The van der Waals surface area contributed by atoms with E-state index >= 15 is 0 Å². The molecule has 0 aromatic rings. The third-order valence-electron chi connectivity index (χ3n) is 3.01. The molecule has 0 radical (unpaired) electrons. The maximum Gasteiger partial charge on any atom is 0.320 e. The maximum absolute atomic E-state index is 11.2. The Morgan fingerprint density at radius 2 is 1.53 bits per heavy atom. The summed E-state index contributed by atoms with van der Waals surface area (Å²) in [7, 11) is 0. The Hall–Kier alpha value is -1.06. The number of carbonyl (C=O) groups is 2. The Labute approximate surface area is 88.9 Å². The van der Waals surface area contributed by atoms with Crippen LogP contribution in [0.15, 0.2) is 0 Å². The van der Waals surface area contributed by atoms with Gasteiger partial charge in [-0.3, -0.25) is 9.59 Å². The van der Waals surface area contributed by atoms with Gasteiger partial charge in [0.15, 0.2) is 0 Å². The summed E-state index contributed by atoms with van der Waals surface area (Å²) in [5.74, 6) is -1.01. The summed E-state index contributed by atoms with van der Waals surface area (Å²) < 4.78 is 10.5. The predicted octanol–water partition coefficient (Wildman–Crippen LogP) is 1.63. The standard InChI is InChI=1S/C11H16O4/c1-7-3-8(2)6-11(5-7)14-9(12)4-10(13)15-11/h7-8H,3-6H2,1-2H3/t7-,8-/m0/s1.